The molecule has 224 valence electrons. The molecule has 6 atom stereocenters. The number of fused-ring (bicyclic) bond motifs is 4. The molecule has 0 aromatic heterocycles. The molecule has 4 amide bonds. The summed E-state index contributed by atoms with van der Waals surface area (Å²) in [4.78, 5) is 59.4. The number of carbonyl (C=O) groups excluding carboxylic acids is 4. The van der Waals surface area contributed by atoms with E-state index in [0.717, 1.165) is 11.0 Å². The minimum absolute atomic E-state index is 0.134. The predicted molar refractivity (Wildman–Crippen MR) is 161 cm³/mol. The number of phenolic OH excluding ortho intramolecular Hbond substituents is 1. The van der Waals surface area contributed by atoms with Crippen LogP contribution in [0, 0.1) is 29.5 Å². The highest BCUT2D eigenvalue weighted by Gasteiger charge is 2.70. The molecular weight excluding hydrogens is 583 g/mol. The minimum atomic E-state index is -1.57. The molecular formula is C35H30ClFN2O5. The van der Waals surface area contributed by atoms with Gasteiger partial charge in [0.2, 0.25) is 23.6 Å². The number of rotatable bonds is 5. The summed E-state index contributed by atoms with van der Waals surface area (Å²) in [5.74, 6) is -6.80. The summed E-state index contributed by atoms with van der Waals surface area (Å²) in [6, 6.07) is 19.6. The number of aromatic hydroxyl groups is 1. The second kappa shape index (κ2) is 10.4. The number of hydrogen-bond donors (Lipinski definition) is 1. The van der Waals surface area contributed by atoms with Crippen molar-refractivity contribution in [3.8, 4) is 5.75 Å². The number of halogens is 2. The van der Waals surface area contributed by atoms with E-state index >= 15 is 9.18 Å². The number of para-hydroxylation sites is 1. The molecule has 0 radical (unpaired) electrons. The zero-order chi connectivity index (χ0) is 30.9. The number of allylic oxidation sites excluding steroid dienone is 2. The van der Waals surface area contributed by atoms with Crippen LogP contribution in [-0.4, -0.2) is 40.2 Å². The minimum Gasteiger partial charge on any atom is -0.505 e. The van der Waals surface area contributed by atoms with Crippen LogP contribution in [-0.2, 0) is 24.6 Å². The summed E-state index contributed by atoms with van der Waals surface area (Å²) >= 11 is 6.31. The smallest absolute Gasteiger partial charge is 0.246 e. The van der Waals surface area contributed by atoms with E-state index in [0.29, 0.717) is 34.8 Å². The molecule has 0 bridgehead atoms. The Morgan fingerprint density at radius 1 is 0.932 bits per heavy atom. The molecule has 44 heavy (non-hydrogen) atoms. The van der Waals surface area contributed by atoms with Crippen molar-refractivity contribution < 1.29 is 28.7 Å². The second-order valence-corrected chi connectivity index (χ2v) is 12.5. The Morgan fingerprint density at radius 2 is 1.68 bits per heavy atom. The highest BCUT2D eigenvalue weighted by Crippen LogP contribution is 2.65. The molecule has 0 spiro atoms. The predicted octanol–water partition coefficient (Wildman–Crippen LogP) is 5.76. The SMILES string of the molecule is CCCN1C(=O)C2CC=C3C(CC4C(=O)N(c5cccc(Cl)c5)C(=O)C4(c4ccccc4)C3c3cccc(F)c3O)C2C1=O. The van der Waals surface area contributed by atoms with Crippen molar-refractivity contribution >= 4 is 40.9 Å². The molecule has 1 N–H and O–H groups in total. The summed E-state index contributed by atoms with van der Waals surface area (Å²) < 4.78 is 15.1. The maximum absolute atomic E-state index is 15.1. The van der Waals surface area contributed by atoms with E-state index in [2.05, 4.69) is 0 Å². The number of benzene rings is 3. The molecule has 1 saturated carbocycles. The van der Waals surface area contributed by atoms with E-state index in [1.54, 1.807) is 60.7 Å². The van der Waals surface area contributed by atoms with Gasteiger partial charge in [-0.15, -0.1) is 0 Å². The van der Waals surface area contributed by atoms with Gasteiger partial charge in [0.05, 0.1) is 28.9 Å². The maximum Gasteiger partial charge on any atom is 0.246 e. The van der Waals surface area contributed by atoms with Crippen LogP contribution in [0.3, 0.4) is 0 Å². The third kappa shape index (κ3) is 3.79. The van der Waals surface area contributed by atoms with Gasteiger partial charge < -0.3 is 5.11 Å². The number of hydrogen-bond acceptors (Lipinski definition) is 5. The Hall–Kier alpha value is -4.30. The second-order valence-electron chi connectivity index (χ2n) is 12.1. The zero-order valence-electron chi connectivity index (χ0n) is 24.0. The molecule has 6 unspecified atom stereocenters. The molecule has 2 saturated heterocycles. The highest BCUT2D eigenvalue weighted by molar-refractivity contribution is 6.32. The van der Waals surface area contributed by atoms with Crippen LogP contribution in [0.4, 0.5) is 10.1 Å². The molecule has 3 aromatic carbocycles. The molecule has 2 aliphatic heterocycles. The summed E-state index contributed by atoms with van der Waals surface area (Å²) in [6.07, 6.45) is 2.91. The molecule has 4 aliphatic rings. The largest absolute Gasteiger partial charge is 0.505 e. The lowest BCUT2D eigenvalue weighted by atomic mass is 9.49. The van der Waals surface area contributed by atoms with Crippen molar-refractivity contribution in [2.24, 2.45) is 23.7 Å². The number of nitrogens with zero attached hydrogens (tertiary/aromatic N) is 2. The number of amides is 4. The van der Waals surface area contributed by atoms with Crippen LogP contribution in [0.15, 0.2) is 84.4 Å². The van der Waals surface area contributed by atoms with Crippen LogP contribution in [0.1, 0.15) is 43.2 Å². The van der Waals surface area contributed by atoms with Gasteiger partial charge in [0.25, 0.3) is 0 Å². The van der Waals surface area contributed by atoms with Crippen LogP contribution in [0.5, 0.6) is 5.75 Å². The van der Waals surface area contributed by atoms with Gasteiger partial charge >= 0.3 is 0 Å². The fourth-order valence-corrected chi connectivity index (χ4v) is 8.55. The molecule has 2 heterocycles. The molecule has 9 heteroatoms. The maximum atomic E-state index is 15.1. The van der Waals surface area contributed by atoms with Crippen LogP contribution >= 0.6 is 11.6 Å². The van der Waals surface area contributed by atoms with Gasteiger partial charge in [-0.3, -0.25) is 24.1 Å². The first-order valence-corrected chi connectivity index (χ1v) is 15.3. The van der Waals surface area contributed by atoms with Crippen LogP contribution < -0.4 is 4.90 Å². The summed E-state index contributed by atoms with van der Waals surface area (Å²) in [5, 5.41) is 11.6. The van der Waals surface area contributed by atoms with Crippen molar-refractivity contribution in [2.45, 2.75) is 37.5 Å². The number of carbonyl (C=O) groups is 4. The molecule has 2 aliphatic carbocycles. The standard InChI is InChI=1S/C35H30ClFN2O5/c1-2-16-38-31(41)23-15-14-22-25(28(23)33(38)43)18-26-32(42)39(21-11-6-10-20(36)17-21)34(44)35(26,19-8-4-3-5-9-19)29(22)24-12-7-13-27(37)30(24)40/h3-14,17,23,25-26,28-29,40H,2,15-16,18H2,1H3. The van der Waals surface area contributed by atoms with Gasteiger partial charge in [0.1, 0.15) is 0 Å². The van der Waals surface area contributed by atoms with E-state index in [-0.39, 0.29) is 30.2 Å². The van der Waals surface area contributed by atoms with Crippen molar-refractivity contribution in [1.29, 1.82) is 0 Å². The van der Waals surface area contributed by atoms with Crippen molar-refractivity contribution in [2.75, 3.05) is 11.4 Å². The third-order valence-corrected chi connectivity index (χ3v) is 10.3. The lowest BCUT2D eigenvalue weighted by molar-refractivity contribution is -0.140. The number of phenols is 1. The average molecular weight is 613 g/mol. The van der Waals surface area contributed by atoms with Gasteiger partial charge in [-0.1, -0.05) is 78.7 Å². The van der Waals surface area contributed by atoms with E-state index in [4.69, 9.17) is 11.6 Å². The Labute approximate surface area is 258 Å². The van der Waals surface area contributed by atoms with Gasteiger partial charge in [-0.2, -0.15) is 0 Å². The first-order valence-electron chi connectivity index (χ1n) is 14.9. The van der Waals surface area contributed by atoms with Gasteiger partial charge in [-0.05, 0) is 55.0 Å². The third-order valence-electron chi connectivity index (χ3n) is 10.0. The average Bonchev–Trinajstić information content (AvgIpc) is 3.40. The Morgan fingerprint density at radius 3 is 2.41 bits per heavy atom. The first-order chi connectivity index (χ1) is 21.2. The number of anilines is 1. The van der Waals surface area contributed by atoms with E-state index in [1.165, 1.54) is 11.0 Å². The van der Waals surface area contributed by atoms with Gasteiger partial charge in [-0.25, -0.2) is 9.29 Å². The zero-order valence-corrected chi connectivity index (χ0v) is 24.7. The Balaban J connectivity index is 1.51. The number of likely N-dealkylation sites (tertiary alicyclic amines) is 1. The van der Waals surface area contributed by atoms with Gasteiger partial charge in [0.15, 0.2) is 11.6 Å². The monoisotopic (exact) mass is 612 g/mol. The molecule has 7 rings (SSSR count). The summed E-state index contributed by atoms with van der Waals surface area (Å²) in [5.41, 5.74) is 0.0980. The van der Waals surface area contributed by atoms with Gasteiger partial charge in [0, 0.05) is 23.0 Å². The van der Waals surface area contributed by atoms with Crippen molar-refractivity contribution in [3.63, 3.8) is 0 Å². The highest BCUT2D eigenvalue weighted by atomic mass is 35.5. The quantitative estimate of drug-likeness (QED) is 0.292. The first kappa shape index (κ1) is 28.5. The summed E-state index contributed by atoms with van der Waals surface area (Å²) in [7, 11) is 0. The fourth-order valence-electron chi connectivity index (χ4n) is 8.36. The fraction of sp³-hybridized carbons (Fsp3) is 0.314. The normalized spacial score (nSPS) is 29.4. The number of imide groups is 2. The van der Waals surface area contributed by atoms with Crippen LogP contribution in [0.2, 0.25) is 5.02 Å². The lowest BCUT2D eigenvalue weighted by Gasteiger charge is -2.50. The van der Waals surface area contributed by atoms with Crippen LogP contribution in [0.25, 0.3) is 0 Å². The van der Waals surface area contributed by atoms with E-state index in [9.17, 15) is 19.5 Å². The molecule has 3 fully saturated rings. The lowest BCUT2D eigenvalue weighted by Crippen LogP contribution is -2.53. The van der Waals surface area contributed by atoms with E-state index < -0.39 is 58.4 Å². The Bertz CT molecular complexity index is 1760. The Kier molecular flexibility index (Phi) is 6.73. The summed E-state index contributed by atoms with van der Waals surface area (Å²) in [6.45, 7) is 2.20. The topological polar surface area (TPSA) is 95.0 Å². The molecule has 7 nitrogen and oxygen atoms in total. The van der Waals surface area contributed by atoms with Crippen molar-refractivity contribution in [1.82, 2.24) is 4.90 Å². The molecule has 3 aromatic rings. The van der Waals surface area contributed by atoms with E-state index in [1.807, 2.05) is 13.0 Å². The van der Waals surface area contributed by atoms with Crippen molar-refractivity contribution in [3.05, 3.63) is 106 Å².